The van der Waals surface area contributed by atoms with E-state index < -0.39 is 0 Å². The SMILES string of the molecule is CCc1nn(C)c(CC(C)CCNCC(C)C)c1Br. The van der Waals surface area contributed by atoms with Crippen LogP contribution in [0.1, 0.15) is 45.5 Å². The number of aryl methyl sites for hydroxylation is 2. The summed E-state index contributed by atoms with van der Waals surface area (Å²) in [4.78, 5) is 0. The molecule has 0 aliphatic rings. The van der Waals surface area contributed by atoms with Gasteiger partial charge in [-0.15, -0.1) is 0 Å². The third-order valence-corrected chi connectivity index (χ3v) is 4.33. The highest BCUT2D eigenvalue weighted by Crippen LogP contribution is 2.24. The normalized spacial score (nSPS) is 13.2. The van der Waals surface area contributed by atoms with E-state index in [0.29, 0.717) is 5.92 Å². The maximum absolute atomic E-state index is 4.56. The van der Waals surface area contributed by atoms with Gasteiger partial charge in [0.1, 0.15) is 0 Å². The monoisotopic (exact) mass is 329 g/mol. The van der Waals surface area contributed by atoms with Gasteiger partial charge in [0.2, 0.25) is 0 Å². The molecular formula is C15H28BrN3. The summed E-state index contributed by atoms with van der Waals surface area (Å²) >= 11 is 3.69. The number of aromatic nitrogens is 2. The molecule has 0 aromatic carbocycles. The van der Waals surface area contributed by atoms with E-state index >= 15 is 0 Å². The lowest BCUT2D eigenvalue weighted by Gasteiger charge is -2.13. The van der Waals surface area contributed by atoms with Gasteiger partial charge in [-0.25, -0.2) is 0 Å². The molecule has 0 saturated carbocycles. The van der Waals surface area contributed by atoms with Crippen LogP contribution in [0.3, 0.4) is 0 Å². The largest absolute Gasteiger partial charge is 0.316 e. The van der Waals surface area contributed by atoms with Gasteiger partial charge in [-0.05, 0) is 60.1 Å². The van der Waals surface area contributed by atoms with Gasteiger partial charge in [-0.1, -0.05) is 27.7 Å². The zero-order valence-corrected chi connectivity index (χ0v) is 14.5. The molecule has 0 radical (unpaired) electrons. The standard InChI is InChI=1S/C15H28BrN3/c1-6-13-15(16)14(19(5)18-13)9-12(4)7-8-17-10-11(2)3/h11-12,17H,6-10H2,1-5H3. The van der Waals surface area contributed by atoms with Crippen molar-refractivity contribution in [3.63, 3.8) is 0 Å². The average molecular weight is 330 g/mol. The van der Waals surface area contributed by atoms with Crippen LogP contribution in [0.5, 0.6) is 0 Å². The Labute approximate surface area is 126 Å². The fourth-order valence-electron chi connectivity index (χ4n) is 2.21. The predicted octanol–water partition coefficient (Wildman–Crippen LogP) is 3.56. The Balaban J connectivity index is 2.44. The number of hydrogen-bond acceptors (Lipinski definition) is 2. The summed E-state index contributed by atoms with van der Waals surface area (Å²) in [6, 6.07) is 0. The Hall–Kier alpha value is -0.350. The lowest BCUT2D eigenvalue weighted by molar-refractivity contribution is 0.464. The summed E-state index contributed by atoms with van der Waals surface area (Å²) < 4.78 is 3.24. The molecule has 1 N–H and O–H groups in total. The predicted molar refractivity (Wildman–Crippen MR) is 85.5 cm³/mol. The summed E-state index contributed by atoms with van der Waals surface area (Å²) in [5, 5.41) is 8.07. The fourth-order valence-corrected chi connectivity index (χ4v) is 2.99. The molecule has 0 amide bonds. The second-order valence-electron chi connectivity index (χ2n) is 5.88. The third kappa shape index (κ3) is 5.27. The minimum atomic E-state index is 0.677. The van der Waals surface area contributed by atoms with Crippen LogP contribution in [0.2, 0.25) is 0 Å². The summed E-state index contributed by atoms with van der Waals surface area (Å²) in [5.74, 6) is 1.41. The van der Waals surface area contributed by atoms with Crippen LogP contribution in [0, 0.1) is 11.8 Å². The maximum atomic E-state index is 4.56. The summed E-state index contributed by atoms with van der Waals surface area (Å²) in [6.45, 7) is 11.2. The Kier molecular flexibility index (Phi) is 7.08. The highest BCUT2D eigenvalue weighted by atomic mass is 79.9. The molecule has 1 rings (SSSR count). The van der Waals surface area contributed by atoms with Gasteiger partial charge < -0.3 is 5.32 Å². The first kappa shape index (κ1) is 16.7. The van der Waals surface area contributed by atoms with E-state index in [4.69, 9.17) is 0 Å². The highest BCUT2D eigenvalue weighted by Gasteiger charge is 2.15. The van der Waals surface area contributed by atoms with E-state index in [0.717, 1.165) is 31.8 Å². The minimum Gasteiger partial charge on any atom is -0.316 e. The van der Waals surface area contributed by atoms with Crippen molar-refractivity contribution in [2.45, 2.75) is 47.0 Å². The van der Waals surface area contributed by atoms with Crippen molar-refractivity contribution in [1.82, 2.24) is 15.1 Å². The van der Waals surface area contributed by atoms with Crippen molar-refractivity contribution in [3.05, 3.63) is 15.9 Å². The average Bonchev–Trinajstić information content (AvgIpc) is 2.62. The van der Waals surface area contributed by atoms with Crippen molar-refractivity contribution >= 4 is 15.9 Å². The molecule has 1 unspecified atom stereocenters. The fraction of sp³-hybridized carbons (Fsp3) is 0.800. The molecule has 1 heterocycles. The molecule has 0 aliphatic carbocycles. The number of halogens is 1. The number of hydrogen-bond donors (Lipinski definition) is 1. The molecule has 19 heavy (non-hydrogen) atoms. The number of nitrogens with zero attached hydrogens (tertiary/aromatic N) is 2. The molecular weight excluding hydrogens is 302 g/mol. The van der Waals surface area contributed by atoms with Crippen molar-refractivity contribution in [2.24, 2.45) is 18.9 Å². The zero-order chi connectivity index (χ0) is 14.4. The van der Waals surface area contributed by atoms with E-state index in [1.807, 2.05) is 11.7 Å². The smallest absolute Gasteiger partial charge is 0.0766 e. The van der Waals surface area contributed by atoms with Gasteiger partial charge in [0.05, 0.1) is 15.9 Å². The second-order valence-corrected chi connectivity index (χ2v) is 6.67. The van der Waals surface area contributed by atoms with Gasteiger partial charge in [0, 0.05) is 7.05 Å². The molecule has 0 fully saturated rings. The van der Waals surface area contributed by atoms with Crippen LogP contribution in [0.4, 0.5) is 0 Å². The van der Waals surface area contributed by atoms with Crippen LogP contribution >= 0.6 is 15.9 Å². The number of nitrogens with one attached hydrogen (secondary N) is 1. The van der Waals surface area contributed by atoms with Gasteiger partial charge in [-0.2, -0.15) is 5.10 Å². The molecule has 0 aliphatic heterocycles. The third-order valence-electron chi connectivity index (χ3n) is 3.41. The Morgan fingerprint density at radius 1 is 1.32 bits per heavy atom. The quantitative estimate of drug-likeness (QED) is 0.739. The summed E-state index contributed by atoms with van der Waals surface area (Å²) in [6.07, 6.45) is 3.29. The Morgan fingerprint density at radius 2 is 2.00 bits per heavy atom. The van der Waals surface area contributed by atoms with Crippen LogP contribution < -0.4 is 5.32 Å². The van der Waals surface area contributed by atoms with Crippen LogP contribution in [-0.2, 0) is 19.9 Å². The Bertz CT molecular complexity index is 385. The molecule has 4 heteroatoms. The molecule has 1 aromatic rings. The second kappa shape index (κ2) is 8.05. The van der Waals surface area contributed by atoms with Crippen molar-refractivity contribution in [1.29, 1.82) is 0 Å². The maximum Gasteiger partial charge on any atom is 0.0766 e. The summed E-state index contributed by atoms with van der Waals surface area (Å²) in [7, 11) is 2.04. The van der Waals surface area contributed by atoms with E-state index in [1.165, 1.54) is 22.3 Å². The van der Waals surface area contributed by atoms with Crippen LogP contribution in [-0.4, -0.2) is 22.9 Å². The molecule has 110 valence electrons. The topological polar surface area (TPSA) is 29.9 Å². The lowest BCUT2D eigenvalue weighted by Crippen LogP contribution is -2.22. The minimum absolute atomic E-state index is 0.677. The van der Waals surface area contributed by atoms with E-state index in [1.54, 1.807) is 0 Å². The highest BCUT2D eigenvalue weighted by molar-refractivity contribution is 9.10. The molecule has 1 atom stereocenters. The first-order chi connectivity index (χ1) is 8.95. The zero-order valence-electron chi connectivity index (χ0n) is 13.0. The van der Waals surface area contributed by atoms with Gasteiger partial charge in [-0.3, -0.25) is 4.68 Å². The van der Waals surface area contributed by atoms with E-state index in [-0.39, 0.29) is 0 Å². The molecule has 3 nitrogen and oxygen atoms in total. The van der Waals surface area contributed by atoms with E-state index in [2.05, 4.69) is 54.0 Å². The van der Waals surface area contributed by atoms with Crippen LogP contribution in [0.15, 0.2) is 4.47 Å². The molecule has 0 spiro atoms. The number of rotatable bonds is 8. The lowest BCUT2D eigenvalue weighted by atomic mass is 10.0. The molecule has 0 bridgehead atoms. The van der Waals surface area contributed by atoms with Gasteiger partial charge in [0.25, 0.3) is 0 Å². The van der Waals surface area contributed by atoms with Crippen molar-refractivity contribution in [3.8, 4) is 0 Å². The van der Waals surface area contributed by atoms with Gasteiger partial charge >= 0.3 is 0 Å². The Morgan fingerprint density at radius 3 is 2.53 bits per heavy atom. The molecule has 0 saturated heterocycles. The molecule has 1 aromatic heterocycles. The first-order valence-electron chi connectivity index (χ1n) is 7.36. The first-order valence-corrected chi connectivity index (χ1v) is 8.15. The summed E-state index contributed by atoms with van der Waals surface area (Å²) in [5.41, 5.74) is 2.50. The van der Waals surface area contributed by atoms with Crippen LogP contribution in [0.25, 0.3) is 0 Å². The van der Waals surface area contributed by atoms with Gasteiger partial charge in [0.15, 0.2) is 0 Å². The van der Waals surface area contributed by atoms with E-state index in [9.17, 15) is 0 Å². The van der Waals surface area contributed by atoms with Crippen molar-refractivity contribution in [2.75, 3.05) is 13.1 Å². The van der Waals surface area contributed by atoms with Crippen molar-refractivity contribution < 1.29 is 0 Å².